The van der Waals surface area contributed by atoms with E-state index in [1.165, 1.54) is 22.5 Å². The van der Waals surface area contributed by atoms with Crippen LogP contribution in [0.4, 0.5) is 5.13 Å². The minimum absolute atomic E-state index is 0.0888. The zero-order valence-electron chi connectivity index (χ0n) is 10.6. The van der Waals surface area contributed by atoms with Crippen LogP contribution in [0.2, 0.25) is 0 Å². The van der Waals surface area contributed by atoms with Crippen molar-refractivity contribution in [3.63, 3.8) is 0 Å². The number of benzene rings is 1. The van der Waals surface area contributed by atoms with Gasteiger partial charge in [-0.2, -0.15) is 0 Å². The predicted molar refractivity (Wildman–Crippen MR) is 74.4 cm³/mol. The fraction of sp³-hybridized carbons (Fsp3) is 0.308. The number of carboxylic acid groups (broad SMARTS) is 1. The third kappa shape index (κ3) is 3.75. The standard InChI is InChI=1S/C13H15N3O2S/c1-10-4-2-3-5-11(10)8-16(7-6-12(17)18)13-15-14-9-19-13/h2-5,9H,6-8H2,1H3,(H,17,18). The largest absolute Gasteiger partial charge is 0.481 e. The van der Waals surface area contributed by atoms with E-state index in [4.69, 9.17) is 5.11 Å². The molecule has 0 bridgehead atoms. The Morgan fingerprint density at radius 1 is 1.42 bits per heavy atom. The van der Waals surface area contributed by atoms with Crippen molar-refractivity contribution in [1.29, 1.82) is 0 Å². The number of hydrogen-bond acceptors (Lipinski definition) is 5. The molecule has 1 aromatic carbocycles. The third-order valence-corrected chi connectivity index (χ3v) is 3.59. The number of nitrogens with zero attached hydrogens (tertiary/aromatic N) is 3. The SMILES string of the molecule is Cc1ccccc1CN(CCC(=O)O)c1nncs1. The van der Waals surface area contributed by atoms with Crippen molar-refractivity contribution in [3.8, 4) is 0 Å². The van der Waals surface area contributed by atoms with Crippen molar-refractivity contribution in [2.45, 2.75) is 19.9 Å². The molecule has 6 heteroatoms. The van der Waals surface area contributed by atoms with Crippen molar-refractivity contribution in [1.82, 2.24) is 10.2 Å². The highest BCUT2D eigenvalue weighted by Crippen LogP contribution is 2.20. The molecule has 2 aromatic rings. The van der Waals surface area contributed by atoms with Gasteiger partial charge in [-0.3, -0.25) is 4.79 Å². The Morgan fingerprint density at radius 2 is 2.21 bits per heavy atom. The van der Waals surface area contributed by atoms with Gasteiger partial charge in [-0.25, -0.2) is 0 Å². The molecule has 0 atom stereocenters. The first-order chi connectivity index (χ1) is 9.16. The van der Waals surface area contributed by atoms with Crippen LogP contribution in [0.25, 0.3) is 0 Å². The van der Waals surface area contributed by atoms with E-state index in [1.807, 2.05) is 36.1 Å². The molecule has 0 fully saturated rings. The van der Waals surface area contributed by atoms with E-state index < -0.39 is 5.97 Å². The third-order valence-electron chi connectivity index (χ3n) is 2.84. The highest BCUT2D eigenvalue weighted by molar-refractivity contribution is 7.13. The highest BCUT2D eigenvalue weighted by Gasteiger charge is 2.13. The Morgan fingerprint density at radius 3 is 2.84 bits per heavy atom. The van der Waals surface area contributed by atoms with Crippen LogP contribution < -0.4 is 4.90 Å². The van der Waals surface area contributed by atoms with E-state index in [0.717, 1.165) is 5.13 Å². The van der Waals surface area contributed by atoms with Crippen LogP contribution in [0, 0.1) is 6.92 Å². The second-order valence-electron chi connectivity index (χ2n) is 4.21. The van der Waals surface area contributed by atoms with Gasteiger partial charge in [-0.15, -0.1) is 10.2 Å². The first kappa shape index (κ1) is 13.5. The van der Waals surface area contributed by atoms with Crippen LogP contribution in [-0.4, -0.2) is 27.8 Å². The zero-order valence-corrected chi connectivity index (χ0v) is 11.4. The fourth-order valence-electron chi connectivity index (χ4n) is 1.77. The van der Waals surface area contributed by atoms with Crippen LogP contribution >= 0.6 is 11.3 Å². The lowest BCUT2D eigenvalue weighted by molar-refractivity contribution is -0.136. The average Bonchev–Trinajstić information content (AvgIpc) is 2.90. The summed E-state index contributed by atoms with van der Waals surface area (Å²) in [5.74, 6) is -0.806. The summed E-state index contributed by atoms with van der Waals surface area (Å²) < 4.78 is 0. The van der Waals surface area contributed by atoms with Gasteiger partial charge in [0.1, 0.15) is 5.51 Å². The molecular weight excluding hydrogens is 262 g/mol. The maximum absolute atomic E-state index is 10.7. The number of rotatable bonds is 6. The monoisotopic (exact) mass is 277 g/mol. The van der Waals surface area contributed by atoms with Gasteiger partial charge in [-0.1, -0.05) is 35.6 Å². The Bertz CT molecular complexity index is 543. The molecule has 0 amide bonds. The summed E-state index contributed by atoms with van der Waals surface area (Å²) in [4.78, 5) is 12.7. The molecule has 0 unspecified atom stereocenters. The number of carboxylic acids is 1. The van der Waals surface area contributed by atoms with E-state index in [1.54, 1.807) is 5.51 Å². The minimum Gasteiger partial charge on any atom is -0.481 e. The Kier molecular flexibility index (Phi) is 4.46. The average molecular weight is 277 g/mol. The molecule has 0 saturated heterocycles. The molecule has 100 valence electrons. The molecule has 19 heavy (non-hydrogen) atoms. The molecule has 0 aliphatic rings. The minimum atomic E-state index is -0.806. The molecule has 1 heterocycles. The summed E-state index contributed by atoms with van der Waals surface area (Å²) in [5.41, 5.74) is 4.01. The molecule has 0 saturated carbocycles. The summed E-state index contributed by atoms with van der Waals surface area (Å²) in [7, 11) is 0. The molecule has 0 radical (unpaired) electrons. The maximum atomic E-state index is 10.7. The Hall–Kier alpha value is -1.95. The van der Waals surface area contributed by atoms with Crippen molar-refractivity contribution in [2.75, 3.05) is 11.4 Å². The van der Waals surface area contributed by atoms with Gasteiger partial charge < -0.3 is 10.0 Å². The lowest BCUT2D eigenvalue weighted by atomic mass is 10.1. The number of anilines is 1. The number of aliphatic carboxylic acids is 1. The summed E-state index contributed by atoms with van der Waals surface area (Å²) in [6, 6.07) is 8.07. The normalized spacial score (nSPS) is 10.4. The summed E-state index contributed by atoms with van der Waals surface area (Å²) in [5, 5.41) is 17.4. The lowest BCUT2D eigenvalue weighted by Gasteiger charge is -2.21. The molecule has 0 spiro atoms. The zero-order chi connectivity index (χ0) is 13.7. The highest BCUT2D eigenvalue weighted by atomic mass is 32.1. The van der Waals surface area contributed by atoms with E-state index in [2.05, 4.69) is 10.2 Å². The summed E-state index contributed by atoms with van der Waals surface area (Å²) in [6.07, 6.45) is 0.0888. The molecule has 0 aliphatic carbocycles. The van der Waals surface area contributed by atoms with Crippen molar-refractivity contribution >= 4 is 22.4 Å². The second kappa shape index (κ2) is 6.29. The van der Waals surface area contributed by atoms with Crippen LogP contribution in [0.3, 0.4) is 0 Å². The smallest absolute Gasteiger partial charge is 0.305 e. The van der Waals surface area contributed by atoms with Gasteiger partial charge in [0.25, 0.3) is 0 Å². The van der Waals surface area contributed by atoms with E-state index in [-0.39, 0.29) is 6.42 Å². The van der Waals surface area contributed by atoms with Gasteiger partial charge in [0.05, 0.1) is 6.42 Å². The maximum Gasteiger partial charge on any atom is 0.305 e. The molecular formula is C13H15N3O2S. The molecule has 0 aliphatic heterocycles. The van der Waals surface area contributed by atoms with E-state index in [9.17, 15) is 4.79 Å². The van der Waals surface area contributed by atoms with Crippen LogP contribution in [0.1, 0.15) is 17.5 Å². The number of carbonyl (C=O) groups is 1. The predicted octanol–water partition coefficient (Wildman–Crippen LogP) is 2.33. The van der Waals surface area contributed by atoms with E-state index >= 15 is 0 Å². The van der Waals surface area contributed by atoms with Crippen LogP contribution in [-0.2, 0) is 11.3 Å². The van der Waals surface area contributed by atoms with Gasteiger partial charge >= 0.3 is 5.97 Å². The lowest BCUT2D eigenvalue weighted by Crippen LogP contribution is -2.26. The first-order valence-electron chi connectivity index (χ1n) is 5.94. The fourth-order valence-corrected chi connectivity index (χ4v) is 2.36. The quantitative estimate of drug-likeness (QED) is 0.877. The van der Waals surface area contributed by atoms with Crippen molar-refractivity contribution in [2.24, 2.45) is 0 Å². The van der Waals surface area contributed by atoms with Crippen LogP contribution in [0.15, 0.2) is 29.8 Å². The number of aromatic nitrogens is 2. The number of hydrogen-bond donors (Lipinski definition) is 1. The summed E-state index contributed by atoms with van der Waals surface area (Å²) in [6.45, 7) is 3.12. The molecule has 5 nitrogen and oxygen atoms in total. The van der Waals surface area contributed by atoms with Gasteiger partial charge in [-0.05, 0) is 18.1 Å². The molecule has 2 rings (SSSR count). The molecule has 1 aromatic heterocycles. The van der Waals surface area contributed by atoms with Gasteiger partial charge in [0.15, 0.2) is 0 Å². The van der Waals surface area contributed by atoms with Crippen molar-refractivity contribution in [3.05, 3.63) is 40.9 Å². The Labute approximate surface area is 115 Å². The first-order valence-corrected chi connectivity index (χ1v) is 6.82. The van der Waals surface area contributed by atoms with Gasteiger partial charge in [0, 0.05) is 13.1 Å². The summed E-state index contributed by atoms with van der Waals surface area (Å²) >= 11 is 1.42. The molecule has 1 N–H and O–H groups in total. The number of aryl methyl sites for hydroxylation is 1. The Balaban J connectivity index is 2.14. The second-order valence-corrected chi connectivity index (χ2v) is 5.02. The van der Waals surface area contributed by atoms with Crippen molar-refractivity contribution < 1.29 is 9.90 Å². The topological polar surface area (TPSA) is 66.3 Å². The van der Waals surface area contributed by atoms with E-state index in [0.29, 0.717) is 13.1 Å². The van der Waals surface area contributed by atoms with Gasteiger partial charge in [0.2, 0.25) is 5.13 Å². The van der Waals surface area contributed by atoms with Crippen LogP contribution in [0.5, 0.6) is 0 Å².